The number of hydrogen-bond donors (Lipinski definition) is 2. The van der Waals surface area contributed by atoms with Gasteiger partial charge in [-0.2, -0.15) is 0 Å². The fraction of sp³-hybridized carbons (Fsp3) is 0.417. The van der Waals surface area contributed by atoms with E-state index in [9.17, 15) is 9.90 Å². The van der Waals surface area contributed by atoms with Crippen molar-refractivity contribution in [2.24, 2.45) is 0 Å². The smallest absolute Gasteiger partial charge is 0.250 e. The molecule has 0 heterocycles. The second kappa shape index (κ2) is 6.88. The number of hydrogen-bond acceptors (Lipinski definition) is 4. The Morgan fingerprint density at radius 2 is 2.18 bits per heavy atom. The highest BCUT2D eigenvalue weighted by molar-refractivity contribution is 5.92. The fourth-order valence-corrected chi connectivity index (χ4v) is 1.25. The van der Waals surface area contributed by atoms with E-state index in [-0.39, 0.29) is 18.3 Å². The first-order valence-corrected chi connectivity index (χ1v) is 5.30. The molecule has 0 unspecified atom stereocenters. The highest BCUT2D eigenvalue weighted by Gasteiger charge is 2.06. The van der Waals surface area contributed by atoms with Crippen molar-refractivity contribution < 1.29 is 19.4 Å². The number of phenols is 1. The Morgan fingerprint density at radius 1 is 1.41 bits per heavy atom. The van der Waals surface area contributed by atoms with Crippen LogP contribution in [0.5, 0.6) is 5.75 Å². The molecule has 0 aliphatic heterocycles. The fourth-order valence-electron chi connectivity index (χ4n) is 1.25. The maximum Gasteiger partial charge on any atom is 0.250 e. The quantitative estimate of drug-likeness (QED) is 0.734. The molecule has 2 N–H and O–H groups in total. The lowest BCUT2D eigenvalue weighted by Gasteiger charge is -2.09. The second-order valence-corrected chi connectivity index (χ2v) is 3.54. The number of benzene rings is 1. The molecule has 0 bridgehead atoms. The van der Waals surface area contributed by atoms with Crippen LogP contribution in [-0.2, 0) is 14.3 Å². The maximum absolute atomic E-state index is 11.5. The molecule has 1 aromatic rings. The molecule has 1 rings (SSSR count). The van der Waals surface area contributed by atoms with E-state index in [1.54, 1.807) is 32.2 Å². The summed E-state index contributed by atoms with van der Waals surface area (Å²) in [7, 11) is 1.57. The monoisotopic (exact) mass is 239 g/mol. The first-order chi connectivity index (χ1) is 8.15. The van der Waals surface area contributed by atoms with Gasteiger partial charge in [0.1, 0.15) is 12.4 Å². The number of amides is 1. The predicted octanol–water partition coefficient (Wildman–Crippen LogP) is 1.30. The normalized spacial score (nSPS) is 10.2. The van der Waals surface area contributed by atoms with Crippen LogP contribution in [0, 0.1) is 6.92 Å². The Labute approximate surface area is 100 Å². The van der Waals surface area contributed by atoms with Crippen LogP contribution in [0.25, 0.3) is 0 Å². The molecule has 1 amide bonds. The van der Waals surface area contributed by atoms with Crippen LogP contribution in [-0.4, -0.2) is 37.9 Å². The summed E-state index contributed by atoms with van der Waals surface area (Å²) in [6.07, 6.45) is 0. The molecule has 1 aromatic carbocycles. The molecule has 0 atom stereocenters. The lowest BCUT2D eigenvalue weighted by atomic mass is 10.2. The molecule has 94 valence electrons. The van der Waals surface area contributed by atoms with Gasteiger partial charge in [-0.1, -0.05) is 6.07 Å². The van der Waals surface area contributed by atoms with E-state index >= 15 is 0 Å². The van der Waals surface area contributed by atoms with Gasteiger partial charge in [-0.15, -0.1) is 0 Å². The van der Waals surface area contributed by atoms with Crippen molar-refractivity contribution in [3.8, 4) is 5.75 Å². The largest absolute Gasteiger partial charge is 0.508 e. The molecule has 0 fully saturated rings. The second-order valence-electron chi connectivity index (χ2n) is 3.54. The molecule has 0 aromatic heterocycles. The van der Waals surface area contributed by atoms with Crippen molar-refractivity contribution in [1.82, 2.24) is 0 Å². The number of ether oxygens (including phenoxy) is 2. The van der Waals surface area contributed by atoms with Gasteiger partial charge in [0.25, 0.3) is 0 Å². The van der Waals surface area contributed by atoms with E-state index < -0.39 is 0 Å². The van der Waals surface area contributed by atoms with Gasteiger partial charge in [0.2, 0.25) is 5.91 Å². The van der Waals surface area contributed by atoms with E-state index in [1.165, 1.54) is 0 Å². The Kier molecular flexibility index (Phi) is 5.45. The van der Waals surface area contributed by atoms with Crippen molar-refractivity contribution in [2.45, 2.75) is 6.92 Å². The Morgan fingerprint density at radius 3 is 2.88 bits per heavy atom. The summed E-state index contributed by atoms with van der Waals surface area (Å²) >= 11 is 0. The van der Waals surface area contributed by atoms with Crippen molar-refractivity contribution in [3.63, 3.8) is 0 Å². The summed E-state index contributed by atoms with van der Waals surface area (Å²) in [6, 6.07) is 4.96. The van der Waals surface area contributed by atoms with E-state index in [2.05, 4.69) is 5.32 Å². The van der Waals surface area contributed by atoms with Gasteiger partial charge in [0, 0.05) is 18.4 Å². The number of rotatable bonds is 6. The number of phenolic OH excluding ortho intramolecular Hbond substituents is 1. The van der Waals surface area contributed by atoms with Crippen molar-refractivity contribution in [1.29, 1.82) is 0 Å². The molecule has 0 radical (unpaired) electrons. The standard InChI is InChI=1S/C12H17NO4/c1-9-10(4-3-5-11(9)14)13-12(15)8-17-7-6-16-2/h3-5,14H,6-8H2,1-2H3,(H,13,15). The minimum atomic E-state index is -0.255. The van der Waals surface area contributed by atoms with Gasteiger partial charge in [-0.05, 0) is 19.1 Å². The highest BCUT2D eigenvalue weighted by Crippen LogP contribution is 2.23. The van der Waals surface area contributed by atoms with E-state index in [4.69, 9.17) is 9.47 Å². The van der Waals surface area contributed by atoms with Gasteiger partial charge >= 0.3 is 0 Å². The van der Waals surface area contributed by atoms with Crippen LogP contribution in [0.3, 0.4) is 0 Å². The summed E-state index contributed by atoms with van der Waals surface area (Å²) in [5.41, 5.74) is 1.23. The van der Waals surface area contributed by atoms with Gasteiger partial charge in [0.05, 0.1) is 13.2 Å². The average molecular weight is 239 g/mol. The molecule has 0 saturated carbocycles. The molecule has 17 heavy (non-hydrogen) atoms. The van der Waals surface area contributed by atoms with E-state index in [1.807, 2.05) is 0 Å². The van der Waals surface area contributed by atoms with Gasteiger partial charge < -0.3 is 19.9 Å². The highest BCUT2D eigenvalue weighted by atomic mass is 16.5. The number of anilines is 1. The Balaban J connectivity index is 2.43. The van der Waals surface area contributed by atoms with Crippen LogP contribution in [0.1, 0.15) is 5.56 Å². The molecule has 0 spiro atoms. The molecular formula is C12H17NO4. The van der Waals surface area contributed by atoms with Crippen molar-refractivity contribution in [2.75, 3.05) is 32.2 Å². The topological polar surface area (TPSA) is 67.8 Å². The molecule has 5 nitrogen and oxygen atoms in total. The zero-order chi connectivity index (χ0) is 12.7. The lowest BCUT2D eigenvalue weighted by Crippen LogP contribution is -2.20. The zero-order valence-corrected chi connectivity index (χ0v) is 10.0. The molecule has 0 saturated heterocycles. The van der Waals surface area contributed by atoms with Crippen LogP contribution >= 0.6 is 0 Å². The van der Waals surface area contributed by atoms with Gasteiger partial charge in [-0.25, -0.2) is 0 Å². The van der Waals surface area contributed by atoms with Crippen LogP contribution in [0.15, 0.2) is 18.2 Å². The SMILES string of the molecule is COCCOCC(=O)Nc1cccc(O)c1C. The molecular weight excluding hydrogens is 222 g/mol. The summed E-state index contributed by atoms with van der Waals surface area (Å²) in [5, 5.41) is 12.1. The minimum absolute atomic E-state index is 0.0293. The summed E-state index contributed by atoms with van der Waals surface area (Å²) in [4.78, 5) is 11.5. The number of carbonyl (C=O) groups excluding carboxylic acids is 1. The molecule has 0 aliphatic carbocycles. The third kappa shape index (κ3) is 4.42. The summed E-state index contributed by atoms with van der Waals surface area (Å²) in [5.74, 6) is -0.0992. The van der Waals surface area contributed by atoms with E-state index in [0.717, 1.165) is 0 Å². The van der Waals surface area contributed by atoms with Crippen molar-refractivity contribution in [3.05, 3.63) is 23.8 Å². The van der Waals surface area contributed by atoms with Crippen LogP contribution in [0.2, 0.25) is 0 Å². The average Bonchev–Trinajstić information content (AvgIpc) is 2.31. The van der Waals surface area contributed by atoms with Gasteiger partial charge in [0.15, 0.2) is 0 Å². The lowest BCUT2D eigenvalue weighted by molar-refractivity contribution is -0.121. The third-order valence-electron chi connectivity index (χ3n) is 2.24. The summed E-state index contributed by atoms with van der Waals surface area (Å²) < 4.78 is 9.87. The molecule has 5 heteroatoms. The predicted molar refractivity (Wildman–Crippen MR) is 64.2 cm³/mol. The maximum atomic E-state index is 11.5. The minimum Gasteiger partial charge on any atom is -0.508 e. The zero-order valence-electron chi connectivity index (χ0n) is 10.0. The van der Waals surface area contributed by atoms with Crippen LogP contribution in [0.4, 0.5) is 5.69 Å². The number of carbonyl (C=O) groups is 1. The first-order valence-electron chi connectivity index (χ1n) is 5.30. The third-order valence-corrected chi connectivity index (χ3v) is 2.24. The van der Waals surface area contributed by atoms with Crippen molar-refractivity contribution >= 4 is 11.6 Å². The van der Waals surface area contributed by atoms with E-state index in [0.29, 0.717) is 24.5 Å². The number of nitrogens with one attached hydrogen (secondary N) is 1. The number of aromatic hydroxyl groups is 1. The Hall–Kier alpha value is -1.59. The summed E-state index contributed by atoms with van der Waals surface area (Å²) in [6.45, 7) is 2.54. The molecule has 0 aliphatic rings. The Bertz CT molecular complexity index is 379. The first kappa shape index (κ1) is 13.5. The number of methoxy groups -OCH3 is 1. The van der Waals surface area contributed by atoms with Gasteiger partial charge in [-0.3, -0.25) is 4.79 Å². The van der Waals surface area contributed by atoms with Crippen LogP contribution < -0.4 is 5.32 Å².